The first kappa shape index (κ1) is 22.3. The number of hydrogen-bond donors (Lipinski definition) is 0. The van der Waals surface area contributed by atoms with Gasteiger partial charge in [-0.1, -0.05) is 41.4 Å². The number of halogens is 1. The Balaban J connectivity index is 1.72. The predicted octanol–water partition coefficient (Wildman–Crippen LogP) is 4.54. The van der Waals surface area contributed by atoms with Crippen molar-refractivity contribution in [3.05, 3.63) is 51.8 Å². The summed E-state index contributed by atoms with van der Waals surface area (Å²) in [5.41, 5.74) is 2.89. The maximum atomic E-state index is 12.9. The average molecular weight is 432 g/mol. The Labute approximate surface area is 183 Å². The summed E-state index contributed by atoms with van der Waals surface area (Å²) < 4.78 is 7.10. The lowest BCUT2D eigenvalue weighted by Gasteiger charge is -2.40. The minimum absolute atomic E-state index is 0.144. The van der Waals surface area contributed by atoms with Gasteiger partial charge in [-0.15, -0.1) is 0 Å². The molecule has 0 bridgehead atoms. The first-order chi connectivity index (χ1) is 14.2. The molecule has 7 heteroatoms. The van der Waals surface area contributed by atoms with E-state index in [-0.39, 0.29) is 28.7 Å². The van der Waals surface area contributed by atoms with Crippen LogP contribution in [0.2, 0.25) is 5.15 Å². The number of esters is 1. The molecule has 0 N–H and O–H groups in total. The van der Waals surface area contributed by atoms with Crippen LogP contribution < -0.4 is 0 Å². The van der Waals surface area contributed by atoms with E-state index in [1.807, 2.05) is 49.9 Å². The number of carbonyl (C=O) groups is 2. The third-order valence-electron chi connectivity index (χ3n) is 5.80. The highest BCUT2D eigenvalue weighted by Crippen LogP contribution is 2.26. The number of amides is 1. The Kier molecular flexibility index (Phi) is 6.86. The molecular formula is C23H30ClN3O3. The molecule has 0 aliphatic carbocycles. The lowest BCUT2D eigenvalue weighted by molar-refractivity contribution is -0.146. The summed E-state index contributed by atoms with van der Waals surface area (Å²) in [6.45, 7) is 9.89. The molecule has 0 unspecified atom stereocenters. The molecule has 2 heterocycles. The largest absolute Gasteiger partial charge is 0.449 e. The Morgan fingerprint density at radius 2 is 1.77 bits per heavy atom. The first-order valence-electron chi connectivity index (χ1n) is 10.5. The molecule has 1 aliphatic heterocycles. The molecule has 1 saturated heterocycles. The second kappa shape index (κ2) is 9.21. The molecule has 3 rings (SSSR count). The van der Waals surface area contributed by atoms with Gasteiger partial charge < -0.3 is 9.64 Å². The van der Waals surface area contributed by atoms with Gasteiger partial charge in [0, 0.05) is 12.1 Å². The zero-order valence-electron chi connectivity index (χ0n) is 18.3. The second-order valence-electron chi connectivity index (χ2n) is 8.32. The van der Waals surface area contributed by atoms with Gasteiger partial charge in [0.1, 0.15) is 10.7 Å². The minimum Gasteiger partial charge on any atom is -0.449 e. The minimum atomic E-state index is -0.878. The molecule has 0 radical (unpaired) electrons. The lowest BCUT2D eigenvalue weighted by Crippen LogP contribution is -2.51. The van der Waals surface area contributed by atoms with Gasteiger partial charge in [0.25, 0.3) is 5.91 Å². The molecule has 1 fully saturated rings. The van der Waals surface area contributed by atoms with Crippen LogP contribution in [0.1, 0.15) is 67.2 Å². The third kappa shape index (κ3) is 4.69. The van der Waals surface area contributed by atoms with Crippen LogP contribution in [0.3, 0.4) is 0 Å². The highest BCUT2D eigenvalue weighted by Gasteiger charge is 2.34. The van der Waals surface area contributed by atoms with Crippen LogP contribution in [0.25, 0.3) is 0 Å². The quantitative estimate of drug-likeness (QED) is 0.652. The van der Waals surface area contributed by atoms with Crippen molar-refractivity contribution >= 4 is 23.5 Å². The molecular weight excluding hydrogens is 402 g/mol. The summed E-state index contributed by atoms with van der Waals surface area (Å²) in [6.07, 6.45) is 2.16. The summed E-state index contributed by atoms with van der Waals surface area (Å²) in [6, 6.07) is 8.33. The van der Waals surface area contributed by atoms with Gasteiger partial charge in [0.15, 0.2) is 6.10 Å². The molecule has 6 nitrogen and oxygen atoms in total. The van der Waals surface area contributed by atoms with E-state index in [1.165, 1.54) is 5.56 Å². The van der Waals surface area contributed by atoms with E-state index in [9.17, 15) is 9.59 Å². The van der Waals surface area contributed by atoms with Crippen molar-refractivity contribution in [1.82, 2.24) is 14.7 Å². The number of piperidine rings is 1. The molecule has 1 amide bonds. The van der Waals surface area contributed by atoms with Gasteiger partial charge in [0.2, 0.25) is 0 Å². The Bertz CT molecular complexity index is 913. The average Bonchev–Trinajstić information content (AvgIpc) is 2.96. The number of likely N-dealkylation sites (tertiary alicyclic amines) is 1. The summed E-state index contributed by atoms with van der Waals surface area (Å²) in [5, 5.41) is 4.62. The third-order valence-corrected chi connectivity index (χ3v) is 6.19. The summed E-state index contributed by atoms with van der Waals surface area (Å²) in [7, 11) is 0. The lowest BCUT2D eigenvalue weighted by atomic mass is 9.97. The predicted molar refractivity (Wildman–Crippen MR) is 117 cm³/mol. The highest BCUT2D eigenvalue weighted by molar-refractivity contribution is 6.32. The van der Waals surface area contributed by atoms with E-state index in [0.717, 1.165) is 24.8 Å². The van der Waals surface area contributed by atoms with Gasteiger partial charge in [-0.05, 0) is 59.4 Å². The summed E-state index contributed by atoms with van der Waals surface area (Å²) in [4.78, 5) is 27.6. The number of aryl methyl sites for hydroxylation is 2. The Morgan fingerprint density at radius 1 is 1.17 bits per heavy atom. The van der Waals surface area contributed by atoms with Crippen LogP contribution in [0.4, 0.5) is 0 Å². The topological polar surface area (TPSA) is 64.4 Å². The van der Waals surface area contributed by atoms with Crippen LogP contribution in [-0.2, 0) is 16.1 Å². The standard InChI is InChI=1S/C23H30ClN3O3/c1-14-9-11-19(12-10-14)13-26-21(24)20(17(4)25-26)23(29)30-18(5)22(28)27-15(2)7-6-8-16(27)3/h9-12,15-16,18H,6-8,13H2,1-5H3/t15-,16-,18-/m1/s1. The number of ether oxygens (including phenoxy) is 1. The van der Waals surface area contributed by atoms with Gasteiger partial charge in [-0.2, -0.15) is 5.10 Å². The molecule has 1 aliphatic rings. The smallest absolute Gasteiger partial charge is 0.343 e. The van der Waals surface area contributed by atoms with Crippen LogP contribution in [0, 0.1) is 13.8 Å². The van der Waals surface area contributed by atoms with E-state index in [4.69, 9.17) is 16.3 Å². The Morgan fingerprint density at radius 3 is 2.37 bits per heavy atom. The Hall–Kier alpha value is -2.34. The van der Waals surface area contributed by atoms with E-state index in [2.05, 4.69) is 5.10 Å². The first-order valence-corrected chi connectivity index (χ1v) is 10.9. The van der Waals surface area contributed by atoms with Crippen LogP contribution >= 0.6 is 11.6 Å². The van der Waals surface area contributed by atoms with Crippen molar-refractivity contribution < 1.29 is 14.3 Å². The van der Waals surface area contributed by atoms with Crippen LogP contribution in [0.15, 0.2) is 24.3 Å². The van der Waals surface area contributed by atoms with Crippen LogP contribution in [-0.4, -0.2) is 44.7 Å². The molecule has 0 saturated carbocycles. The molecule has 2 aromatic rings. The van der Waals surface area contributed by atoms with Crippen molar-refractivity contribution in [2.75, 3.05) is 0 Å². The fourth-order valence-corrected chi connectivity index (χ4v) is 4.40. The number of hydrogen-bond acceptors (Lipinski definition) is 4. The molecule has 0 spiro atoms. The molecule has 1 aromatic carbocycles. The number of nitrogens with zero attached hydrogens (tertiary/aromatic N) is 3. The van der Waals surface area contributed by atoms with Crippen molar-refractivity contribution in [2.45, 2.75) is 78.6 Å². The molecule has 162 valence electrons. The fraction of sp³-hybridized carbons (Fsp3) is 0.522. The van der Waals surface area contributed by atoms with E-state index < -0.39 is 12.1 Å². The van der Waals surface area contributed by atoms with Crippen LogP contribution in [0.5, 0.6) is 0 Å². The van der Waals surface area contributed by atoms with Crippen molar-refractivity contribution in [2.24, 2.45) is 0 Å². The SMILES string of the molecule is Cc1ccc(Cn2nc(C)c(C(=O)O[C@H](C)C(=O)N3[C@H](C)CCC[C@H]3C)c2Cl)cc1. The summed E-state index contributed by atoms with van der Waals surface area (Å²) >= 11 is 6.47. The van der Waals surface area contributed by atoms with Crippen molar-refractivity contribution in [3.8, 4) is 0 Å². The van der Waals surface area contributed by atoms with Gasteiger partial charge in [0.05, 0.1) is 12.2 Å². The molecule has 3 atom stereocenters. The number of benzene rings is 1. The number of aromatic nitrogens is 2. The fourth-order valence-electron chi connectivity index (χ4n) is 4.09. The maximum absolute atomic E-state index is 12.9. The van der Waals surface area contributed by atoms with E-state index >= 15 is 0 Å². The molecule has 1 aromatic heterocycles. The molecule has 30 heavy (non-hydrogen) atoms. The van der Waals surface area contributed by atoms with E-state index in [0.29, 0.717) is 12.2 Å². The van der Waals surface area contributed by atoms with E-state index in [1.54, 1.807) is 18.5 Å². The monoisotopic (exact) mass is 431 g/mol. The van der Waals surface area contributed by atoms with Gasteiger partial charge in [-0.3, -0.25) is 4.79 Å². The van der Waals surface area contributed by atoms with Gasteiger partial charge >= 0.3 is 5.97 Å². The van der Waals surface area contributed by atoms with Crippen molar-refractivity contribution in [3.63, 3.8) is 0 Å². The number of carbonyl (C=O) groups excluding carboxylic acids is 2. The summed E-state index contributed by atoms with van der Waals surface area (Å²) in [5.74, 6) is -0.783. The van der Waals surface area contributed by atoms with Gasteiger partial charge in [-0.25, -0.2) is 9.48 Å². The second-order valence-corrected chi connectivity index (χ2v) is 8.67. The number of rotatable bonds is 5. The maximum Gasteiger partial charge on any atom is 0.343 e. The van der Waals surface area contributed by atoms with Crippen molar-refractivity contribution in [1.29, 1.82) is 0 Å². The normalized spacial score (nSPS) is 20.1. The highest BCUT2D eigenvalue weighted by atomic mass is 35.5. The zero-order valence-corrected chi connectivity index (χ0v) is 19.1. The zero-order chi connectivity index (χ0) is 22.0.